The van der Waals surface area contributed by atoms with Crippen LogP contribution in [0.3, 0.4) is 0 Å². The summed E-state index contributed by atoms with van der Waals surface area (Å²) >= 11 is 0. The number of methoxy groups -OCH3 is 1. The Morgan fingerprint density at radius 2 is 2.14 bits per heavy atom. The Kier molecular flexibility index (Phi) is 4.54. The van der Waals surface area contributed by atoms with Gasteiger partial charge in [0.2, 0.25) is 6.23 Å². The maximum Gasteiger partial charge on any atom is 0.356 e. The first-order valence-corrected chi connectivity index (χ1v) is 6.49. The van der Waals surface area contributed by atoms with Crippen LogP contribution < -0.4 is 0 Å². The van der Waals surface area contributed by atoms with Gasteiger partial charge in [-0.15, -0.1) is 0 Å². The van der Waals surface area contributed by atoms with Gasteiger partial charge in [-0.3, -0.25) is 4.90 Å². The molecule has 1 aliphatic heterocycles. The van der Waals surface area contributed by atoms with Crippen LogP contribution in [0.25, 0.3) is 0 Å². The Hall–Kier alpha value is -2.41. The molecule has 112 valence electrons. The molecular formula is C14H17N3O4. The Bertz CT molecular complexity index is 546. The van der Waals surface area contributed by atoms with Crippen molar-refractivity contribution in [2.75, 3.05) is 13.7 Å². The summed E-state index contributed by atoms with van der Waals surface area (Å²) < 4.78 is 4.45. The van der Waals surface area contributed by atoms with Crippen molar-refractivity contribution in [3.05, 3.63) is 35.9 Å². The number of amides is 2. The molecule has 1 aromatic carbocycles. The lowest BCUT2D eigenvalue weighted by Crippen LogP contribution is -2.46. The van der Waals surface area contributed by atoms with Gasteiger partial charge in [-0.25, -0.2) is 14.6 Å². The molecule has 0 bridgehead atoms. The lowest BCUT2D eigenvalue weighted by Gasteiger charge is -2.23. The number of aliphatic hydroxyl groups excluding tert-OH is 1. The zero-order valence-electron chi connectivity index (χ0n) is 11.8. The third kappa shape index (κ3) is 3.19. The molecule has 0 aromatic heterocycles. The topological polar surface area (TPSA) is 82.4 Å². The number of benzene rings is 1. The van der Waals surface area contributed by atoms with Gasteiger partial charge in [0.05, 0.1) is 25.9 Å². The van der Waals surface area contributed by atoms with Crippen molar-refractivity contribution >= 4 is 18.2 Å². The van der Waals surface area contributed by atoms with Crippen LogP contribution in [0.1, 0.15) is 12.5 Å². The number of aliphatic hydroxyl groups is 1. The molecule has 1 aliphatic rings. The fourth-order valence-electron chi connectivity index (χ4n) is 2.07. The molecule has 2 amide bonds. The molecule has 1 unspecified atom stereocenters. The normalized spacial score (nSPS) is 20.1. The zero-order valence-corrected chi connectivity index (χ0v) is 11.8. The van der Waals surface area contributed by atoms with E-state index in [2.05, 4.69) is 9.84 Å². The van der Waals surface area contributed by atoms with Crippen molar-refractivity contribution < 1.29 is 19.4 Å². The van der Waals surface area contributed by atoms with Gasteiger partial charge in [-0.05, 0) is 12.5 Å². The van der Waals surface area contributed by atoms with Crippen molar-refractivity contribution in [3.63, 3.8) is 0 Å². The Morgan fingerprint density at radius 3 is 2.76 bits per heavy atom. The highest BCUT2D eigenvalue weighted by molar-refractivity contribution is 5.86. The minimum Gasteiger partial charge on any atom is -0.466 e. The van der Waals surface area contributed by atoms with E-state index in [1.807, 2.05) is 30.3 Å². The summed E-state index contributed by atoms with van der Waals surface area (Å²) in [7, 11) is 1.15. The largest absolute Gasteiger partial charge is 0.466 e. The summed E-state index contributed by atoms with van der Waals surface area (Å²) in [6.45, 7) is 2.01. The van der Waals surface area contributed by atoms with Gasteiger partial charge in [0.1, 0.15) is 0 Å². The second-order valence-corrected chi connectivity index (χ2v) is 4.67. The van der Waals surface area contributed by atoms with Crippen LogP contribution in [0.5, 0.6) is 0 Å². The van der Waals surface area contributed by atoms with Crippen molar-refractivity contribution in [1.29, 1.82) is 0 Å². The van der Waals surface area contributed by atoms with E-state index in [9.17, 15) is 14.7 Å². The van der Waals surface area contributed by atoms with Gasteiger partial charge in [-0.2, -0.15) is 5.10 Å². The number of hydrogen-bond acceptors (Lipinski definition) is 5. The second kappa shape index (κ2) is 6.36. The molecule has 0 aliphatic carbocycles. The number of hydrogen-bond donors (Lipinski definition) is 1. The molecule has 1 N–H and O–H groups in total. The second-order valence-electron chi connectivity index (χ2n) is 4.67. The number of nitrogens with zero attached hydrogens (tertiary/aromatic N) is 3. The van der Waals surface area contributed by atoms with E-state index < -0.39 is 18.2 Å². The maximum atomic E-state index is 12.2. The smallest absolute Gasteiger partial charge is 0.356 e. The average Bonchev–Trinajstić information content (AvgIpc) is 2.79. The number of hydrazone groups is 1. The molecule has 1 fully saturated rings. The quantitative estimate of drug-likeness (QED) is 0.652. The predicted molar refractivity (Wildman–Crippen MR) is 75.5 cm³/mol. The van der Waals surface area contributed by atoms with E-state index in [1.54, 1.807) is 13.1 Å². The monoisotopic (exact) mass is 291 g/mol. The minimum absolute atomic E-state index is 0.288. The summed E-state index contributed by atoms with van der Waals surface area (Å²) in [5.74, 6) is -0.871. The zero-order chi connectivity index (χ0) is 15.4. The molecule has 1 saturated heterocycles. The lowest BCUT2D eigenvalue weighted by molar-refractivity contribution is -0.159. The van der Waals surface area contributed by atoms with Gasteiger partial charge in [0.25, 0.3) is 0 Å². The first kappa shape index (κ1) is 15.0. The van der Waals surface area contributed by atoms with Crippen LogP contribution in [0.2, 0.25) is 0 Å². The highest BCUT2D eigenvalue weighted by Crippen LogP contribution is 2.19. The molecular weight excluding hydrogens is 274 g/mol. The van der Waals surface area contributed by atoms with Crippen molar-refractivity contribution in [2.24, 2.45) is 5.10 Å². The van der Waals surface area contributed by atoms with Crippen LogP contribution in [-0.2, 0) is 9.53 Å². The molecule has 7 heteroatoms. The van der Waals surface area contributed by atoms with Crippen LogP contribution >= 0.6 is 0 Å². The molecule has 0 spiro atoms. The molecule has 0 saturated carbocycles. The van der Waals surface area contributed by atoms with Crippen LogP contribution in [0.15, 0.2) is 35.4 Å². The van der Waals surface area contributed by atoms with Gasteiger partial charge in [0.15, 0.2) is 0 Å². The van der Waals surface area contributed by atoms with E-state index in [-0.39, 0.29) is 12.6 Å². The number of urea groups is 1. The fraction of sp³-hybridized carbons (Fsp3) is 0.357. The van der Waals surface area contributed by atoms with Gasteiger partial charge >= 0.3 is 12.0 Å². The third-order valence-corrected chi connectivity index (χ3v) is 3.17. The van der Waals surface area contributed by atoms with Crippen molar-refractivity contribution in [1.82, 2.24) is 9.91 Å². The number of rotatable bonds is 4. The Morgan fingerprint density at radius 1 is 1.48 bits per heavy atom. The van der Waals surface area contributed by atoms with Crippen LogP contribution in [0, 0.1) is 0 Å². The maximum absolute atomic E-state index is 12.2. The summed E-state index contributed by atoms with van der Waals surface area (Å²) in [6, 6.07) is 8.44. The molecule has 21 heavy (non-hydrogen) atoms. The Balaban J connectivity index is 2.09. The van der Waals surface area contributed by atoms with Crippen LogP contribution in [-0.4, -0.2) is 59.2 Å². The van der Waals surface area contributed by atoms with E-state index in [4.69, 9.17) is 0 Å². The third-order valence-electron chi connectivity index (χ3n) is 3.17. The molecule has 7 nitrogen and oxygen atoms in total. The SMILES string of the molecule is COC(=O)C(O)N1C(=O)N(/N=C/c2ccccc2)C[C@@H]1C. The molecule has 2 rings (SSSR count). The van der Waals surface area contributed by atoms with Crippen molar-refractivity contribution in [3.8, 4) is 0 Å². The first-order valence-electron chi connectivity index (χ1n) is 6.49. The minimum atomic E-state index is -1.62. The summed E-state index contributed by atoms with van der Waals surface area (Å²) in [5, 5.41) is 15.1. The summed E-state index contributed by atoms with van der Waals surface area (Å²) in [6.07, 6.45) is -0.0621. The lowest BCUT2D eigenvalue weighted by atomic mass is 10.2. The average molecular weight is 291 g/mol. The predicted octanol–water partition coefficient (Wildman–Crippen LogP) is 0.638. The van der Waals surface area contributed by atoms with Crippen molar-refractivity contribution in [2.45, 2.75) is 19.2 Å². The molecule has 0 radical (unpaired) electrons. The van der Waals surface area contributed by atoms with Gasteiger partial charge < -0.3 is 9.84 Å². The highest BCUT2D eigenvalue weighted by atomic mass is 16.5. The molecule has 1 heterocycles. The standard InChI is InChI=1S/C14H17N3O4/c1-10-9-16(15-8-11-6-4-3-5-7-11)14(20)17(10)12(18)13(19)21-2/h3-8,10,12,18H,9H2,1-2H3/b15-8+/t10-,12?/m0/s1. The fourth-order valence-corrected chi connectivity index (χ4v) is 2.07. The van der Waals surface area contributed by atoms with E-state index in [0.717, 1.165) is 17.6 Å². The van der Waals surface area contributed by atoms with E-state index in [0.29, 0.717) is 0 Å². The van der Waals surface area contributed by atoms with Gasteiger partial charge in [-0.1, -0.05) is 30.3 Å². The number of esters is 1. The molecule has 1 aromatic rings. The van der Waals surface area contributed by atoms with Gasteiger partial charge in [0, 0.05) is 0 Å². The highest BCUT2D eigenvalue weighted by Gasteiger charge is 2.41. The molecule has 2 atom stereocenters. The number of ether oxygens (including phenoxy) is 1. The van der Waals surface area contributed by atoms with E-state index >= 15 is 0 Å². The van der Waals surface area contributed by atoms with E-state index in [1.165, 1.54) is 5.01 Å². The summed E-state index contributed by atoms with van der Waals surface area (Å²) in [4.78, 5) is 24.6. The number of carbonyl (C=O) groups excluding carboxylic acids is 2. The summed E-state index contributed by atoms with van der Waals surface area (Å²) in [5.41, 5.74) is 0.852. The first-order chi connectivity index (χ1) is 10.0. The Labute approximate surface area is 122 Å². The number of carbonyl (C=O) groups is 2. The van der Waals surface area contributed by atoms with Crippen LogP contribution in [0.4, 0.5) is 4.79 Å².